The molecule has 3 aromatic carbocycles. The quantitative estimate of drug-likeness (QED) is 0.115. The number of benzene rings is 3. The van der Waals surface area contributed by atoms with Crippen LogP contribution in [-0.4, -0.2) is 24.5 Å². The summed E-state index contributed by atoms with van der Waals surface area (Å²) in [4.78, 5) is 16.8. The van der Waals surface area contributed by atoms with Crippen molar-refractivity contribution in [3.8, 4) is 22.3 Å². The molecule has 0 atom stereocenters. The Labute approximate surface area is 261 Å². The van der Waals surface area contributed by atoms with E-state index in [0.29, 0.717) is 12.2 Å². The van der Waals surface area contributed by atoms with Crippen molar-refractivity contribution < 1.29 is 4.79 Å². The number of carbonyl (C=O) groups excluding carboxylic acids is 1. The molecule has 4 N–H and O–H groups in total. The van der Waals surface area contributed by atoms with Crippen LogP contribution in [0.25, 0.3) is 33.2 Å². The van der Waals surface area contributed by atoms with Crippen LogP contribution in [0.4, 0.5) is 0 Å². The maximum atomic E-state index is 13.4. The molecule has 4 rings (SSSR count). The highest BCUT2D eigenvalue weighted by molar-refractivity contribution is 6.10. The van der Waals surface area contributed by atoms with Crippen molar-refractivity contribution in [2.24, 2.45) is 11.7 Å². The Morgan fingerprint density at radius 3 is 1.98 bits per heavy atom. The van der Waals surface area contributed by atoms with E-state index in [-0.39, 0.29) is 11.3 Å². The van der Waals surface area contributed by atoms with Crippen molar-refractivity contribution >= 4 is 16.8 Å². The molecular formula is C39H55N3O. The molecule has 0 saturated heterocycles. The van der Waals surface area contributed by atoms with Gasteiger partial charge in [-0.1, -0.05) is 134 Å². The second-order valence-electron chi connectivity index (χ2n) is 12.4. The fraction of sp³-hybridized carbons (Fsp3) is 0.410. The summed E-state index contributed by atoms with van der Waals surface area (Å²) in [5.74, 6) is 0.773. The van der Waals surface area contributed by atoms with Crippen LogP contribution < -0.4 is 11.1 Å². The number of hydrogen-bond donors (Lipinski definition) is 3. The van der Waals surface area contributed by atoms with Gasteiger partial charge in [0.05, 0.1) is 0 Å². The lowest BCUT2D eigenvalue weighted by atomic mass is 9.86. The fourth-order valence-electron chi connectivity index (χ4n) is 5.28. The molecule has 0 saturated carbocycles. The molecule has 0 aliphatic rings. The first-order chi connectivity index (χ1) is 20.7. The number of H-pyrrole nitrogens is 1. The summed E-state index contributed by atoms with van der Waals surface area (Å²) >= 11 is 0. The fourth-order valence-corrected chi connectivity index (χ4v) is 5.28. The van der Waals surface area contributed by atoms with Crippen LogP contribution in [0, 0.1) is 5.92 Å². The number of rotatable bonds is 12. The highest BCUT2D eigenvalue weighted by atomic mass is 16.1. The van der Waals surface area contributed by atoms with Crippen LogP contribution in [0.2, 0.25) is 0 Å². The van der Waals surface area contributed by atoms with Gasteiger partial charge in [0.15, 0.2) is 0 Å². The average Bonchev–Trinajstić information content (AvgIpc) is 3.41. The van der Waals surface area contributed by atoms with Crippen LogP contribution in [-0.2, 0) is 5.41 Å². The van der Waals surface area contributed by atoms with Gasteiger partial charge < -0.3 is 16.0 Å². The molecule has 4 nitrogen and oxygen atoms in total. The van der Waals surface area contributed by atoms with Gasteiger partial charge in [0.25, 0.3) is 5.91 Å². The second kappa shape index (κ2) is 18.1. The highest BCUT2D eigenvalue weighted by Gasteiger charge is 2.20. The number of nitrogens with two attached hydrogens (primary N) is 1. The minimum Gasteiger partial charge on any atom is -0.351 e. The zero-order chi connectivity index (χ0) is 31.8. The third kappa shape index (κ3) is 10.5. The summed E-state index contributed by atoms with van der Waals surface area (Å²) in [6.45, 7) is 18.0. The van der Waals surface area contributed by atoms with E-state index in [9.17, 15) is 4.79 Å². The van der Waals surface area contributed by atoms with E-state index in [2.05, 4.69) is 118 Å². The minimum atomic E-state index is -0.0296. The number of aromatic amines is 1. The van der Waals surface area contributed by atoms with Crippen molar-refractivity contribution in [1.29, 1.82) is 0 Å². The normalized spacial score (nSPS) is 11.0. The average molecular weight is 582 g/mol. The van der Waals surface area contributed by atoms with E-state index in [1.165, 1.54) is 50.3 Å². The topological polar surface area (TPSA) is 70.9 Å². The maximum Gasteiger partial charge on any atom is 0.268 e. The Morgan fingerprint density at radius 2 is 1.37 bits per heavy atom. The molecule has 1 amide bonds. The molecule has 43 heavy (non-hydrogen) atoms. The van der Waals surface area contributed by atoms with Crippen LogP contribution in [0.15, 0.2) is 86.0 Å². The molecule has 1 heterocycles. The van der Waals surface area contributed by atoms with Gasteiger partial charge in [-0.05, 0) is 59.2 Å². The monoisotopic (exact) mass is 581 g/mol. The summed E-state index contributed by atoms with van der Waals surface area (Å²) in [6.07, 6.45) is 8.71. The lowest BCUT2D eigenvalue weighted by Gasteiger charge is -2.19. The molecule has 0 bridgehead atoms. The standard InChI is InChI=1S/C36H46N2O.C2H4.CH5N/c1-26(2)15-11-8-6-7-9-14-24-37-35(39)34-33(28-16-12-10-13-17-28)31-25-29(20-23-32(31)38-34)27-18-21-30(22-19-27)36(3,4)5;2*1-2/h10,12-13,16-23,25-26,38H,6-9,11,14-15,24H2,1-5H3,(H,37,39);1-2H2;2H2,1H3. The maximum absolute atomic E-state index is 13.4. The molecule has 0 aliphatic heterocycles. The summed E-state index contributed by atoms with van der Waals surface area (Å²) in [6, 6.07) is 25.6. The van der Waals surface area contributed by atoms with E-state index >= 15 is 0 Å². The predicted molar refractivity (Wildman–Crippen MR) is 189 cm³/mol. The number of fused-ring (bicyclic) bond motifs is 1. The second-order valence-corrected chi connectivity index (χ2v) is 12.4. The lowest BCUT2D eigenvalue weighted by Crippen LogP contribution is -2.25. The van der Waals surface area contributed by atoms with Crippen molar-refractivity contribution in [1.82, 2.24) is 10.3 Å². The minimum absolute atomic E-state index is 0.0296. The van der Waals surface area contributed by atoms with E-state index in [1.807, 2.05) is 18.2 Å². The smallest absolute Gasteiger partial charge is 0.268 e. The molecule has 0 fully saturated rings. The van der Waals surface area contributed by atoms with Crippen molar-refractivity contribution in [2.75, 3.05) is 13.6 Å². The number of nitrogens with one attached hydrogen (secondary N) is 2. The number of aromatic nitrogens is 1. The van der Waals surface area contributed by atoms with Crippen molar-refractivity contribution in [3.05, 3.63) is 97.2 Å². The van der Waals surface area contributed by atoms with Crippen LogP contribution in [0.5, 0.6) is 0 Å². The molecule has 0 aliphatic carbocycles. The zero-order valence-corrected chi connectivity index (χ0v) is 27.6. The molecule has 0 radical (unpaired) electrons. The van der Waals surface area contributed by atoms with E-state index in [1.54, 1.807) is 0 Å². The van der Waals surface area contributed by atoms with Crippen LogP contribution >= 0.6 is 0 Å². The van der Waals surface area contributed by atoms with Crippen molar-refractivity contribution in [2.45, 2.75) is 85.0 Å². The molecule has 0 spiro atoms. The zero-order valence-electron chi connectivity index (χ0n) is 27.6. The first-order valence-corrected chi connectivity index (χ1v) is 15.9. The molecule has 4 aromatic rings. The molecule has 4 heteroatoms. The summed E-state index contributed by atoms with van der Waals surface area (Å²) in [7, 11) is 1.50. The van der Waals surface area contributed by atoms with Gasteiger partial charge in [0, 0.05) is 23.0 Å². The molecule has 0 unspecified atom stereocenters. The summed E-state index contributed by atoms with van der Waals surface area (Å²) in [5.41, 5.74) is 11.9. The SMILES string of the molecule is C=C.CC(C)CCCCCCCCNC(=O)c1[nH]c2ccc(-c3ccc(C(C)(C)C)cc3)cc2c1-c1ccccc1.CN. The van der Waals surface area contributed by atoms with Crippen molar-refractivity contribution in [3.63, 3.8) is 0 Å². The van der Waals surface area contributed by atoms with Gasteiger partial charge in [-0.25, -0.2) is 0 Å². The van der Waals surface area contributed by atoms with Gasteiger partial charge in [-0.2, -0.15) is 0 Å². The van der Waals surface area contributed by atoms with Gasteiger partial charge in [0.2, 0.25) is 0 Å². The van der Waals surface area contributed by atoms with E-state index in [0.717, 1.165) is 46.4 Å². The number of carbonyl (C=O) groups is 1. The Kier molecular flexibility index (Phi) is 15.0. The lowest BCUT2D eigenvalue weighted by molar-refractivity contribution is 0.0949. The number of amides is 1. The molecule has 1 aromatic heterocycles. The van der Waals surface area contributed by atoms with Crippen LogP contribution in [0.3, 0.4) is 0 Å². The Balaban J connectivity index is 0.00000155. The third-order valence-electron chi connectivity index (χ3n) is 7.67. The van der Waals surface area contributed by atoms with Gasteiger partial charge in [-0.15, -0.1) is 13.2 Å². The predicted octanol–water partition coefficient (Wildman–Crippen LogP) is 10.3. The van der Waals surface area contributed by atoms with E-state index < -0.39 is 0 Å². The highest BCUT2D eigenvalue weighted by Crippen LogP contribution is 2.36. The summed E-state index contributed by atoms with van der Waals surface area (Å²) in [5, 5.41) is 4.26. The Hall–Kier alpha value is -3.63. The summed E-state index contributed by atoms with van der Waals surface area (Å²) < 4.78 is 0. The molecule has 232 valence electrons. The van der Waals surface area contributed by atoms with Gasteiger partial charge in [0.1, 0.15) is 5.69 Å². The first kappa shape index (κ1) is 35.6. The van der Waals surface area contributed by atoms with Gasteiger partial charge in [-0.3, -0.25) is 4.79 Å². The number of hydrogen-bond acceptors (Lipinski definition) is 2. The largest absolute Gasteiger partial charge is 0.351 e. The van der Waals surface area contributed by atoms with Crippen LogP contribution in [0.1, 0.15) is 95.6 Å². The third-order valence-corrected chi connectivity index (χ3v) is 7.67. The van der Waals surface area contributed by atoms with Gasteiger partial charge >= 0.3 is 0 Å². The van der Waals surface area contributed by atoms with E-state index in [4.69, 9.17) is 0 Å². The molecular weight excluding hydrogens is 526 g/mol. The Morgan fingerprint density at radius 1 is 0.791 bits per heavy atom. The first-order valence-electron chi connectivity index (χ1n) is 15.9. The Bertz CT molecular complexity index is 1360. The number of unbranched alkanes of at least 4 members (excludes halogenated alkanes) is 5.